The molecule has 26 heavy (non-hydrogen) atoms. The minimum absolute atomic E-state index is 0.0620. The van der Waals surface area contributed by atoms with E-state index in [2.05, 4.69) is 38.7 Å². The van der Waals surface area contributed by atoms with Crippen LogP contribution in [-0.2, 0) is 13.6 Å². The molecule has 2 aromatic heterocycles. The number of nitrogens with one attached hydrogen (secondary N) is 2. The van der Waals surface area contributed by atoms with Crippen molar-refractivity contribution in [2.24, 2.45) is 12.8 Å². The molecule has 8 heteroatoms. The number of hydrogen-bond donors (Lipinski definition) is 3. The van der Waals surface area contributed by atoms with Crippen LogP contribution >= 0.6 is 11.6 Å². The molecule has 0 aliphatic rings. The number of aryl methyl sites for hydroxylation is 2. The summed E-state index contributed by atoms with van der Waals surface area (Å²) in [5.41, 5.74) is 8.88. The molecule has 0 bridgehead atoms. The number of rotatable bonds is 7. The Bertz CT molecular complexity index is 906. The Morgan fingerprint density at radius 2 is 2.08 bits per heavy atom. The van der Waals surface area contributed by atoms with Gasteiger partial charge in [0.15, 0.2) is 5.65 Å². The van der Waals surface area contributed by atoms with Gasteiger partial charge < -0.3 is 16.4 Å². The van der Waals surface area contributed by atoms with Crippen LogP contribution in [0, 0.1) is 6.92 Å². The van der Waals surface area contributed by atoms with E-state index in [4.69, 9.17) is 17.3 Å². The fraction of sp³-hybridized carbons (Fsp3) is 0.389. The van der Waals surface area contributed by atoms with Gasteiger partial charge >= 0.3 is 0 Å². The van der Waals surface area contributed by atoms with Gasteiger partial charge in [-0.2, -0.15) is 15.1 Å². The first-order valence-corrected chi connectivity index (χ1v) is 9.03. The third-order valence-electron chi connectivity index (χ3n) is 4.34. The summed E-state index contributed by atoms with van der Waals surface area (Å²) in [7, 11) is 1.86. The number of nitrogens with two attached hydrogens (primary N) is 1. The van der Waals surface area contributed by atoms with Gasteiger partial charge in [-0.15, -0.1) is 0 Å². The Morgan fingerprint density at radius 1 is 1.27 bits per heavy atom. The molecule has 0 aliphatic carbocycles. The minimum atomic E-state index is 0.0620. The fourth-order valence-electron chi connectivity index (χ4n) is 2.53. The summed E-state index contributed by atoms with van der Waals surface area (Å²) in [5.74, 6) is 1.27. The van der Waals surface area contributed by atoms with Crippen molar-refractivity contribution in [3.05, 3.63) is 40.5 Å². The number of aromatic nitrogens is 4. The molecule has 0 amide bonds. The largest absolute Gasteiger partial charge is 0.365 e. The highest BCUT2D eigenvalue weighted by molar-refractivity contribution is 6.31. The van der Waals surface area contributed by atoms with E-state index in [9.17, 15) is 0 Å². The predicted molar refractivity (Wildman–Crippen MR) is 107 cm³/mol. The van der Waals surface area contributed by atoms with Gasteiger partial charge in [-0.1, -0.05) is 30.7 Å². The molecule has 0 saturated heterocycles. The van der Waals surface area contributed by atoms with E-state index in [1.165, 1.54) is 0 Å². The smallest absolute Gasteiger partial charge is 0.226 e. The highest BCUT2D eigenvalue weighted by Gasteiger charge is 2.12. The van der Waals surface area contributed by atoms with Crippen molar-refractivity contribution in [3.8, 4) is 0 Å². The van der Waals surface area contributed by atoms with E-state index in [1.807, 2.05) is 26.1 Å². The van der Waals surface area contributed by atoms with Crippen LogP contribution < -0.4 is 16.4 Å². The third-order valence-corrected chi connectivity index (χ3v) is 4.74. The van der Waals surface area contributed by atoms with Crippen molar-refractivity contribution >= 4 is 34.4 Å². The van der Waals surface area contributed by atoms with Gasteiger partial charge in [0.2, 0.25) is 5.95 Å². The van der Waals surface area contributed by atoms with Crippen LogP contribution in [0.2, 0.25) is 5.02 Å². The summed E-state index contributed by atoms with van der Waals surface area (Å²) >= 11 is 6.22. The second-order valence-electron chi connectivity index (χ2n) is 6.39. The Hall–Kier alpha value is -2.38. The zero-order valence-corrected chi connectivity index (χ0v) is 16.0. The van der Waals surface area contributed by atoms with Gasteiger partial charge in [0.05, 0.1) is 11.6 Å². The van der Waals surface area contributed by atoms with E-state index < -0.39 is 0 Å². The van der Waals surface area contributed by atoms with Gasteiger partial charge in [-0.05, 0) is 30.5 Å². The van der Waals surface area contributed by atoms with Crippen molar-refractivity contribution in [2.45, 2.75) is 32.9 Å². The zero-order valence-electron chi connectivity index (χ0n) is 15.3. The van der Waals surface area contributed by atoms with Gasteiger partial charge in [0, 0.05) is 31.2 Å². The number of fused-ring (bicyclic) bond motifs is 1. The lowest BCUT2D eigenvalue weighted by Gasteiger charge is -2.13. The maximum Gasteiger partial charge on any atom is 0.226 e. The highest BCUT2D eigenvalue weighted by atomic mass is 35.5. The number of halogens is 1. The van der Waals surface area contributed by atoms with Crippen LogP contribution in [0.15, 0.2) is 24.4 Å². The summed E-state index contributed by atoms with van der Waals surface area (Å²) in [6.07, 6.45) is 2.65. The van der Waals surface area contributed by atoms with Crippen molar-refractivity contribution in [1.82, 2.24) is 19.7 Å². The fourth-order valence-corrected chi connectivity index (χ4v) is 2.74. The van der Waals surface area contributed by atoms with Crippen LogP contribution in [0.1, 0.15) is 24.5 Å². The molecule has 0 radical (unpaired) electrons. The van der Waals surface area contributed by atoms with Crippen LogP contribution in [0.4, 0.5) is 11.8 Å². The molecule has 1 atom stereocenters. The molecule has 4 N–H and O–H groups in total. The monoisotopic (exact) mass is 373 g/mol. The normalized spacial score (nSPS) is 12.3. The molecule has 3 rings (SSSR count). The first-order valence-electron chi connectivity index (χ1n) is 8.66. The quantitative estimate of drug-likeness (QED) is 0.589. The standard InChI is InChI=1S/C18H24ClN7/c1-4-13(20)9-22-18-24-16(14-10-23-26(3)17(14)25-18)21-8-12-6-5-11(2)15(19)7-12/h5-7,10,13H,4,8-9,20H2,1-3H3,(H2,21,22,24,25). The molecular weight excluding hydrogens is 350 g/mol. The van der Waals surface area contributed by atoms with E-state index >= 15 is 0 Å². The average Bonchev–Trinajstić information content (AvgIpc) is 3.01. The van der Waals surface area contributed by atoms with E-state index in [-0.39, 0.29) is 6.04 Å². The molecule has 138 valence electrons. The van der Waals surface area contributed by atoms with Crippen molar-refractivity contribution < 1.29 is 0 Å². The van der Waals surface area contributed by atoms with E-state index in [0.29, 0.717) is 19.0 Å². The van der Waals surface area contributed by atoms with Crippen LogP contribution in [-0.4, -0.2) is 32.3 Å². The summed E-state index contributed by atoms with van der Waals surface area (Å²) < 4.78 is 1.73. The third kappa shape index (κ3) is 4.05. The maximum atomic E-state index is 6.22. The van der Waals surface area contributed by atoms with Gasteiger partial charge in [0.25, 0.3) is 0 Å². The number of hydrogen-bond acceptors (Lipinski definition) is 6. The molecule has 1 aromatic carbocycles. The van der Waals surface area contributed by atoms with Crippen LogP contribution in [0.3, 0.4) is 0 Å². The van der Waals surface area contributed by atoms with E-state index in [0.717, 1.165) is 39.4 Å². The maximum absolute atomic E-state index is 6.22. The SMILES string of the molecule is CCC(N)CNc1nc(NCc2ccc(C)c(Cl)c2)c2cnn(C)c2n1. The lowest BCUT2D eigenvalue weighted by atomic mass is 10.1. The molecular formula is C18H24ClN7. The van der Waals surface area contributed by atoms with Crippen LogP contribution in [0.5, 0.6) is 0 Å². The summed E-state index contributed by atoms with van der Waals surface area (Å²) in [6.45, 7) is 5.26. The van der Waals surface area contributed by atoms with Crippen molar-refractivity contribution in [3.63, 3.8) is 0 Å². The molecule has 0 fully saturated rings. The Kier molecular flexibility index (Phi) is 5.58. The Labute approximate surface area is 158 Å². The second kappa shape index (κ2) is 7.88. The van der Waals surface area contributed by atoms with Crippen molar-refractivity contribution in [2.75, 3.05) is 17.2 Å². The first kappa shape index (κ1) is 18.4. The molecule has 7 nitrogen and oxygen atoms in total. The minimum Gasteiger partial charge on any atom is -0.365 e. The first-order chi connectivity index (χ1) is 12.5. The lowest BCUT2D eigenvalue weighted by Crippen LogP contribution is -2.28. The van der Waals surface area contributed by atoms with Crippen LogP contribution in [0.25, 0.3) is 11.0 Å². The van der Waals surface area contributed by atoms with Gasteiger partial charge in [0.1, 0.15) is 5.82 Å². The predicted octanol–water partition coefficient (Wildman–Crippen LogP) is 3.09. The molecule has 3 aromatic rings. The average molecular weight is 374 g/mol. The molecule has 0 aliphatic heterocycles. The van der Waals surface area contributed by atoms with E-state index in [1.54, 1.807) is 10.9 Å². The molecule has 2 heterocycles. The summed E-state index contributed by atoms with van der Waals surface area (Å²) in [6, 6.07) is 6.09. The van der Waals surface area contributed by atoms with Gasteiger partial charge in [-0.25, -0.2) is 0 Å². The number of benzene rings is 1. The zero-order chi connectivity index (χ0) is 18.7. The molecule has 0 saturated carbocycles. The Morgan fingerprint density at radius 3 is 2.81 bits per heavy atom. The second-order valence-corrected chi connectivity index (χ2v) is 6.79. The summed E-state index contributed by atoms with van der Waals surface area (Å²) in [4.78, 5) is 9.14. The highest BCUT2D eigenvalue weighted by Crippen LogP contribution is 2.23. The molecule has 0 spiro atoms. The van der Waals surface area contributed by atoms with Gasteiger partial charge in [-0.3, -0.25) is 4.68 Å². The summed E-state index contributed by atoms with van der Waals surface area (Å²) in [5, 5.41) is 12.5. The topological polar surface area (TPSA) is 93.7 Å². The van der Waals surface area contributed by atoms with Crippen molar-refractivity contribution in [1.29, 1.82) is 0 Å². The Balaban J connectivity index is 1.84. The number of nitrogens with zero attached hydrogens (tertiary/aromatic N) is 4. The lowest BCUT2D eigenvalue weighted by molar-refractivity contribution is 0.676. The molecule has 1 unspecified atom stereocenters. The number of anilines is 2.